The van der Waals surface area contributed by atoms with E-state index < -0.39 is 0 Å². The number of nitrogens with zero attached hydrogens (tertiary/aromatic N) is 1. The van der Waals surface area contributed by atoms with Crippen LogP contribution in [0, 0.1) is 10.1 Å². The summed E-state index contributed by atoms with van der Waals surface area (Å²) >= 11 is 0. The molecule has 0 aromatic heterocycles. The molecule has 0 aliphatic carbocycles. The van der Waals surface area contributed by atoms with Crippen molar-refractivity contribution >= 4 is 11.4 Å². The minimum atomic E-state index is -0.382. The summed E-state index contributed by atoms with van der Waals surface area (Å²) in [5.74, 6) is 0.336. The predicted molar refractivity (Wildman–Crippen MR) is 76.3 cm³/mol. The molecule has 0 amide bonds. The fourth-order valence-electron chi connectivity index (χ4n) is 2.18. The van der Waals surface area contributed by atoms with Crippen molar-refractivity contribution in [1.82, 2.24) is 0 Å². The lowest BCUT2D eigenvalue weighted by atomic mass is 10.1. The van der Waals surface area contributed by atoms with Gasteiger partial charge < -0.3 is 14.8 Å². The number of nitrogens with one attached hydrogen (secondary N) is 1. The van der Waals surface area contributed by atoms with Gasteiger partial charge in [0, 0.05) is 19.4 Å². The van der Waals surface area contributed by atoms with Gasteiger partial charge in [0.15, 0.2) is 5.75 Å². The molecule has 0 spiro atoms. The first-order valence-corrected chi connectivity index (χ1v) is 6.98. The molecule has 1 aromatic carbocycles. The van der Waals surface area contributed by atoms with Crippen LogP contribution in [0.2, 0.25) is 0 Å². The van der Waals surface area contributed by atoms with Crippen LogP contribution in [0.25, 0.3) is 0 Å². The lowest BCUT2D eigenvalue weighted by Crippen LogP contribution is -2.26. The Morgan fingerprint density at radius 2 is 2.20 bits per heavy atom. The van der Waals surface area contributed by atoms with E-state index in [1.165, 1.54) is 0 Å². The van der Waals surface area contributed by atoms with Crippen molar-refractivity contribution < 1.29 is 14.4 Å². The summed E-state index contributed by atoms with van der Waals surface area (Å²) in [6, 6.07) is 5.15. The molecule has 6 nitrogen and oxygen atoms in total. The molecule has 20 heavy (non-hydrogen) atoms. The molecule has 1 aliphatic rings. The molecule has 0 radical (unpaired) electrons. The molecule has 0 atom stereocenters. The van der Waals surface area contributed by atoms with E-state index in [4.69, 9.17) is 9.47 Å². The Bertz CT molecular complexity index is 458. The molecule has 0 bridgehead atoms. The Morgan fingerprint density at radius 1 is 1.45 bits per heavy atom. The fourth-order valence-corrected chi connectivity index (χ4v) is 2.18. The fraction of sp³-hybridized carbons (Fsp3) is 0.571. The summed E-state index contributed by atoms with van der Waals surface area (Å²) in [7, 11) is 0. The molecule has 1 heterocycles. The summed E-state index contributed by atoms with van der Waals surface area (Å²) in [6.07, 6.45) is 2.43. The molecule has 1 fully saturated rings. The number of hydrogen-bond donors (Lipinski definition) is 1. The minimum absolute atomic E-state index is 0.0103. The molecule has 0 unspecified atom stereocenters. The van der Waals surface area contributed by atoms with Crippen molar-refractivity contribution in [1.29, 1.82) is 0 Å². The van der Waals surface area contributed by atoms with Crippen molar-refractivity contribution in [2.45, 2.75) is 32.3 Å². The van der Waals surface area contributed by atoms with E-state index in [0.717, 1.165) is 19.3 Å². The molecule has 1 saturated heterocycles. The Kier molecular flexibility index (Phi) is 5.17. The van der Waals surface area contributed by atoms with E-state index in [-0.39, 0.29) is 16.7 Å². The van der Waals surface area contributed by atoms with E-state index in [2.05, 4.69) is 5.32 Å². The monoisotopic (exact) mass is 280 g/mol. The van der Waals surface area contributed by atoms with Crippen LogP contribution in [0.1, 0.15) is 26.2 Å². The predicted octanol–water partition coefficient (Wildman–Crippen LogP) is 2.97. The van der Waals surface area contributed by atoms with Crippen molar-refractivity contribution in [3.05, 3.63) is 28.3 Å². The second-order valence-corrected chi connectivity index (χ2v) is 4.77. The second kappa shape index (κ2) is 7.09. The van der Waals surface area contributed by atoms with Gasteiger partial charge in [-0.15, -0.1) is 0 Å². The highest BCUT2D eigenvalue weighted by Crippen LogP contribution is 2.36. The van der Waals surface area contributed by atoms with Gasteiger partial charge in [-0.25, -0.2) is 0 Å². The van der Waals surface area contributed by atoms with Crippen molar-refractivity contribution in [3.63, 3.8) is 0 Å². The van der Waals surface area contributed by atoms with Crippen molar-refractivity contribution in [2.24, 2.45) is 0 Å². The Labute approximate surface area is 118 Å². The third-order valence-electron chi connectivity index (χ3n) is 3.21. The maximum atomic E-state index is 11.3. The molecule has 1 N–H and O–H groups in total. The van der Waals surface area contributed by atoms with Gasteiger partial charge in [0.05, 0.1) is 18.1 Å². The lowest BCUT2D eigenvalue weighted by molar-refractivity contribution is -0.385. The van der Waals surface area contributed by atoms with Crippen LogP contribution in [0.3, 0.4) is 0 Å². The second-order valence-electron chi connectivity index (χ2n) is 4.77. The number of nitro groups is 1. The highest BCUT2D eigenvalue weighted by Gasteiger charge is 2.24. The van der Waals surface area contributed by atoms with E-state index in [0.29, 0.717) is 31.2 Å². The van der Waals surface area contributed by atoms with Crippen molar-refractivity contribution in [3.8, 4) is 5.75 Å². The number of para-hydroxylation sites is 1. The Balaban J connectivity index is 2.19. The SMILES string of the molecule is CCCNc1cccc(OC2CCOCC2)c1[N+](=O)[O-]. The topological polar surface area (TPSA) is 73.6 Å². The number of anilines is 1. The molecular weight excluding hydrogens is 260 g/mol. The maximum absolute atomic E-state index is 11.3. The van der Waals surface area contributed by atoms with Gasteiger partial charge in [-0.05, 0) is 18.6 Å². The van der Waals surface area contributed by atoms with Gasteiger partial charge in [-0.3, -0.25) is 10.1 Å². The molecule has 110 valence electrons. The van der Waals surface area contributed by atoms with Crippen LogP contribution in [0.4, 0.5) is 11.4 Å². The molecule has 1 aliphatic heterocycles. The first-order chi connectivity index (χ1) is 9.72. The first kappa shape index (κ1) is 14.6. The number of rotatable bonds is 6. The average molecular weight is 280 g/mol. The highest BCUT2D eigenvalue weighted by atomic mass is 16.6. The summed E-state index contributed by atoms with van der Waals surface area (Å²) in [5.41, 5.74) is 0.536. The van der Waals surface area contributed by atoms with Gasteiger partial charge >= 0.3 is 5.69 Å². The van der Waals surface area contributed by atoms with E-state index in [1.54, 1.807) is 18.2 Å². The van der Waals surface area contributed by atoms with Crippen LogP contribution in [0.15, 0.2) is 18.2 Å². The number of nitro benzene ring substituents is 1. The Hall–Kier alpha value is -1.82. The van der Waals surface area contributed by atoms with Crippen LogP contribution < -0.4 is 10.1 Å². The molecule has 6 heteroatoms. The van der Waals surface area contributed by atoms with Crippen molar-refractivity contribution in [2.75, 3.05) is 25.1 Å². The highest BCUT2D eigenvalue weighted by molar-refractivity contribution is 5.68. The minimum Gasteiger partial charge on any atom is -0.483 e. The normalized spacial score (nSPS) is 15.8. The van der Waals surface area contributed by atoms with Gasteiger partial charge in [0.2, 0.25) is 0 Å². The van der Waals surface area contributed by atoms with Gasteiger partial charge in [0.1, 0.15) is 11.8 Å². The largest absolute Gasteiger partial charge is 0.483 e. The third-order valence-corrected chi connectivity index (χ3v) is 3.21. The zero-order chi connectivity index (χ0) is 14.4. The Morgan fingerprint density at radius 3 is 2.85 bits per heavy atom. The lowest BCUT2D eigenvalue weighted by Gasteiger charge is -2.23. The number of ether oxygens (including phenoxy) is 2. The quantitative estimate of drug-likeness (QED) is 0.640. The number of benzene rings is 1. The van der Waals surface area contributed by atoms with Crippen LogP contribution in [0.5, 0.6) is 5.75 Å². The standard InChI is InChI=1S/C14H20N2O4/c1-2-8-15-12-4-3-5-13(14(12)16(17)18)20-11-6-9-19-10-7-11/h3-5,11,15H,2,6-10H2,1H3. The summed E-state index contributed by atoms with van der Waals surface area (Å²) < 4.78 is 11.1. The molecule has 0 saturated carbocycles. The zero-order valence-corrected chi connectivity index (χ0v) is 11.6. The summed E-state index contributed by atoms with van der Waals surface area (Å²) in [4.78, 5) is 10.9. The summed E-state index contributed by atoms with van der Waals surface area (Å²) in [5, 5.41) is 14.4. The van der Waals surface area contributed by atoms with Gasteiger partial charge in [0.25, 0.3) is 0 Å². The third kappa shape index (κ3) is 3.60. The van der Waals surface area contributed by atoms with Crippen LogP contribution >= 0.6 is 0 Å². The average Bonchev–Trinajstić information content (AvgIpc) is 2.46. The summed E-state index contributed by atoms with van der Waals surface area (Å²) in [6.45, 7) is 4.00. The molecule has 1 aromatic rings. The molecular formula is C14H20N2O4. The zero-order valence-electron chi connectivity index (χ0n) is 11.6. The van der Waals surface area contributed by atoms with Gasteiger partial charge in [-0.1, -0.05) is 13.0 Å². The van der Waals surface area contributed by atoms with E-state index >= 15 is 0 Å². The maximum Gasteiger partial charge on any atom is 0.333 e. The van der Waals surface area contributed by atoms with E-state index in [9.17, 15) is 10.1 Å². The molecule has 2 rings (SSSR count). The smallest absolute Gasteiger partial charge is 0.333 e. The van der Waals surface area contributed by atoms with Crippen LogP contribution in [-0.4, -0.2) is 30.8 Å². The first-order valence-electron chi connectivity index (χ1n) is 6.98. The van der Waals surface area contributed by atoms with Crippen LogP contribution in [-0.2, 0) is 4.74 Å². The van der Waals surface area contributed by atoms with Gasteiger partial charge in [-0.2, -0.15) is 0 Å². The number of hydrogen-bond acceptors (Lipinski definition) is 5. The van der Waals surface area contributed by atoms with E-state index in [1.807, 2.05) is 6.92 Å².